The van der Waals surface area contributed by atoms with E-state index in [1.807, 2.05) is 6.92 Å². The van der Waals surface area contributed by atoms with Crippen molar-refractivity contribution >= 4 is 10.1 Å². The SMILES string of the molecule is CCCCCCCCCCC(C)OS(=O)(=O)c1ccccc1.[H-].[Na+]. The number of hydrogen-bond acceptors (Lipinski definition) is 3. The number of rotatable bonds is 12. The molecular weight excluding hydrogens is 319 g/mol. The van der Waals surface area contributed by atoms with Crippen LogP contribution in [0.15, 0.2) is 35.2 Å². The van der Waals surface area contributed by atoms with Gasteiger partial charge in [0.2, 0.25) is 0 Å². The van der Waals surface area contributed by atoms with Gasteiger partial charge in [-0.25, -0.2) is 0 Å². The minimum atomic E-state index is -3.62. The first-order chi connectivity index (χ1) is 10.6. The van der Waals surface area contributed by atoms with Gasteiger partial charge in [0.15, 0.2) is 0 Å². The third-order valence-corrected chi connectivity index (χ3v) is 5.22. The van der Waals surface area contributed by atoms with Gasteiger partial charge in [0.1, 0.15) is 0 Å². The summed E-state index contributed by atoms with van der Waals surface area (Å²) in [6.07, 6.45) is 10.5. The van der Waals surface area contributed by atoms with Crippen molar-refractivity contribution in [1.82, 2.24) is 0 Å². The maximum Gasteiger partial charge on any atom is 1.00 e. The Bertz CT molecular complexity index is 494. The summed E-state index contributed by atoms with van der Waals surface area (Å²) < 4.78 is 29.4. The van der Waals surface area contributed by atoms with Gasteiger partial charge in [0.05, 0.1) is 11.0 Å². The van der Waals surface area contributed by atoms with E-state index in [1.165, 1.54) is 38.5 Å². The van der Waals surface area contributed by atoms with Crippen molar-refractivity contribution in [1.29, 1.82) is 0 Å². The molecule has 3 nitrogen and oxygen atoms in total. The first kappa shape index (κ1) is 23.1. The first-order valence-corrected chi connectivity index (χ1v) is 9.95. The molecule has 0 amide bonds. The second kappa shape index (κ2) is 13.4. The van der Waals surface area contributed by atoms with Gasteiger partial charge in [-0.05, 0) is 25.5 Å². The molecule has 0 N–H and O–H groups in total. The molecule has 0 radical (unpaired) electrons. The summed E-state index contributed by atoms with van der Waals surface area (Å²) in [4.78, 5) is 0.234. The van der Waals surface area contributed by atoms with Crippen molar-refractivity contribution in [3.63, 3.8) is 0 Å². The van der Waals surface area contributed by atoms with Crippen molar-refractivity contribution in [3.05, 3.63) is 30.3 Å². The van der Waals surface area contributed by atoms with Gasteiger partial charge in [-0.1, -0.05) is 76.5 Å². The topological polar surface area (TPSA) is 43.4 Å². The maximum absolute atomic E-state index is 12.1. The van der Waals surface area contributed by atoms with E-state index in [-0.39, 0.29) is 42.0 Å². The van der Waals surface area contributed by atoms with Gasteiger partial charge in [-0.3, -0.25) is 4.18 Å². The standard InChI is InChI=1S/C18H30O3S.Na.H/c1-3-4-5-6-7-8-9-11-14-17(2)21-22(19,20)18-15-12-10-13-16-18;;/h10,12-13,15-17H,3-9,11,14H2,1-2H3;;/q;+1;-1. The summed E-state index contributed by atoms with van der Waals surface area (Å²) in [7, 11) is -3.62. The molecular formula is C18H31NaO3S. The van der Waals surface area contributed by atoms with Gasteiger partial charge in [0, 0.05) is 0 Å². The van der Waals surface area contributed by atoms with Crippen LogP contribution >= 0.6 is 0 Å². The summed E-state index contributed by atoms with van der Waals surface area (Å²) in [6.45, 7) is 4.06. The van der Waals surface area contributed by atoms with Gasteiger partial charge in [-0.2, -0.15) is 8.42 Å². The normalized spacial score (nSPS) is 12.6. The molecule has 1 aromatic rings. The van der Waals surface area contributed by atoms with E-state index < -0.39 is 10.1 Å². The van der Waals surface area contributed by atoms with E-state index in [4.69, 9.17) is 4.18 Å². The van der Waals surface area contributed by atoms with Gasteiger partial charge in [0.25, 0.3) is 10.1 Å². The minimum Gasteiger partial charge on any atom is -1.00 e. The quantitative estimate of drug-likeness (QED) is 0.330. The Morgan fingerprint density at radius 1 is 0.957 bits per heavy atom. The van der Waals surface area contributed by atoms with Gasteiger partial charge >= 0.3 is 29.6 Å². The molecule has 0 aliphatic rings. The molecule has 128 valence electrons. The molecule has 5 heteroatoms. The summed E-state index contributed by atoms with van der Waals surface area (Å²) in [5.74, 6) is 0. The predicted molar refractivity (Wildman–Crippen MR) is 92.5 cm³/mol. The minimum absolute atomic E-state index is 0. The van der Waals surface area contributed by atoms with Crippen LogP contribution in [-0.4, -0.2) is 14.5 Å². The summed E-state index contributed by atoms with van der Waals surface area (Å²) in [5.41, 5.74) is 0. The van der Waals surface area contributed by atoms with Crippen molar-refractivity contribution in [2.75, 3.05) is 0 Å². The van der Waals surface area contributed by atoms with Crippen molar-refractivity contribution < 1.29 is 43.6 Å². The smallest absolute Gasteiger partial charge is 1.00 e. The summed E-state index contributed by atoms with van der Waals surface area (Å²) in [5, 5.41) is 0. The average Bonchev–Trinajstić information content (AvgIpc) is 2.50. The van der Waals surface area contributed by atoms with Crippen LogP contribution in [0.5, 0.6) is 0 Å². The maximum atomic E-state index is 12.1. The second-order valence-corrected chi connectivity index (χ2v) is 7.51. The van der Waals surface area contributed by atoms with Crippen LogP contribution in [0.25, 0.3) is 0 Å². The molecule has 0 spiro atoms. The molecule has 0 aromatic heterocycles. The number of unbranched alkanes of at least 4 members (excludes halogenated alkanes) is 7. The zero-order valence-electron chi connectivity index (χ0n) is 16.0. The zero-order chi connectivity index (χ0) is 16.3. The molecule has 1 aromatic carbocycles. The van der Waals surface area contributed by atoms with E-state index in [0.717, 1.165) is 19.3 Å². The van der Waals surface area contributed by atoms with Crippen molar-refractivity contribution in [2.24, 2.45) is 0 Å². The van der Waals surface area contributed by atoms with Crippen LogP contribution in [0.1, 0.15) is 73.1 Å². The van der Waals surface area contributed by atoms with E-state index in [2.05, 4.69) is 6.92 Å². The van der Waals surface area contributed by atoms with Crippen LogP contribution in [0.4, 0.5) is 0 Å². The third kappa shape index (κ3) is 10.6. The number of hydrogen-bond donors (Lipinski definition) is 0. The van der Waals surface area contributed by atoms with E-state index in [9.17, 15) is 8.42 Å². The Kier molecular flexibility index (Phi) is 13.5. The third-order valence-electron chi connectivity index (χ3n) is 3.79. The van der Waals surface area contributed by atoms with Crippen LogP contribution in [-0.2, 0) is 14.3 Å². The fraction of sp³-hybridized carbons (Fsp3) is 0.667. The molecule has 1 rings (SSSR count). The van der Waals surface area contributed by atoms with Crippen molar-refractivity contribution in [2.45, 2.75) is 82.6 Å². The van der Waals surface area contributed by atoms with E-state index >= 15 is 0 Å². The Morgan fingerprint density at radius 2 is 1.48 bits per heavy atom. The molecule has 0 aliphatic heterocycles. The van der Waals surface area contributed by atoms with Crippen LogP contribution in [0.3, 0.4) is 0 Å². The zero-order valence-corrected chi connectivity index (χ0v) is 17.8. The molecule has 0 heterocycles. The average molecular weight is 350 g/mol. The molecule has 1 unspecified atom stereocenters. The Labute approximate surface area is 166 Å². The van der Waals surface area contributed by atoms with Crippen molar-refractivity contribution in [3.8, 4) is 0 Å². The van der Waals surface area contributed by atoms with E-state index in [1.54, 1.807) is 30.3 Å². The Balaban J connectivity index is 0. The van der Waals surface area contributed by atoms with Crippen LogP contribution in [0, 0.1) is 0 Å². The number of benzene rings is 1. The monoisotopic (exact) mass is 350 g/mol. The second-order valence-electron chi connectivity index (χ2n) is 5.94. The Hall–Kier alpha value is 0.130. The summed E-state index contributed by atoms with van der Waals surface area (Å²) >= 11 is 0. The molecule has 0 bridgehead atoms. The van der Waals surface area contributed by atoms with Crippen LogP contribution in [0.2, 0.25) is 0 Å². The molecule has 0 aliphatic carbocycles. The predicted octanol–water partition coefficient (Wildman–Crippen LogP) is 2.43. The van der Waals surface area contributed by atoms with E-state index in [0.29, 0.717) is 0 Å². The molecule has 23 heavy (non-hydrogen) atoms. The van der Waals surface area contributed by atoms with Gasteiger partial charge in [-0.15, -0.1) is 0 Å². The fourth-order valence-electron chi connectivity index (χ4n) is 2.47. The fourth-order valence-corrected chi connectivity index (χ4v) is 3.60. The molecule has 0 fully saturated rings. The molecule has 1 atom stereocenters. The largest absolute Gasteiger partial charge is 1.00 e. The summed E-state index contributed by atoms with van der Waals surface area (Å²) in [6, 6.07) is 8.35. The van der Waals surface area contributed by atoms with Crippen LogP contribution < -0.4 is 29.6 Å². The first-order valence-electron chi connectivity index (χ1n) is 8.54. The molecule has 0 saturated carbocycles. The van der Waals surface area contributed by atoms with Gasteiger partial charge < -0.3 is 1.43 Å². The Morgan fingerprint density at radius 3 is 2.04 bits per heavy atom. The molecule has 0 saturated heterocycles.